The topological polar surface area (TPSA) is 27.1 Å². The molecule has 0 amide bonds. The van der Waals surface area contributed by atoms with Gasteiger partial charge in [-0.2, -0.15) is 0 Å². The van der Waals surface area contributed by atoms with Crippen molar-refractivity contribution in [2.45, 2.75) is 19.8 Å². The zero-order chi connectivity index (χ0) is 11.2. The van der Waals surface area contributed by atoms with E-state index in [0.29, 0.717) is 0 Å². The maximum Gasteiger partial charge on any atom is 0.181 e. The van der Waals surface area contributed by atoms with E-state index < -0.39 is 0 Å². The number of benzene rings is 1. The molecule has 0 atom stereocenters. The molecule has 0 spiro atoms. The van der Waals surface area contributed by atoms with E-state index in [2.05, 4.69) is 18.2 Å². The average molecular weight is 215 g/mol. The maximum absolute atomic E-state index is 5.73. The highest BCUT2D eigenvalue weighted by molar-refractivity contribution is 5.46. The summed E-state index contributed by atoms with van der Waals surface area (Å²) in [6.07, 6.45) is 8.65. The summed E-state index contributed by atoms with van der Waals surface area (Å²) in [6.45, 7) is 2.90. The molecule has 0 aliphatic heterocycles. The van der Waals surface area contributed by atoms with Gasteiger partial charge < -0.3 is 4.74 Å². The summed E-state index contributed by atoms with van der Waals surface area (Å²) < 4.78 is 7.57. The van der Waals surface area contributed by atoms with E-state index in [1.807, 2.05) is 35.0 Å². The summed E-state index contributed by atoms with van der Waals surface area (Å²) in [5.74, 6) is 0.880. The van der Waals surface area contributed by atoms with Crippen LogP contribution in [0.2, 0.25) is 0 Å². The Labute approximate surface area is 95.7 Å². The van der Waals surface area contributed by atoms with Crippen molar-refractivity contribution in [2.24, 2.45) is 0 Å². The predicted octanol–water partition coefficient (Wildman–Crippen LogP) is 2.85. The fraction of sp³-hybridized carbons (Fsp3) is 0.308. The molecule has 2 aromatic rings. The Morgan fingerprint density at radius 2 is 2.25 bits per heavy atom. The molecule has 3 nitrogen and oxygen atoms in total. The zero-order valence-corrected chi connectivity index (χ0v) is 9.39. The minimum atomic E-state index is 0.752. The average Bonchev–Trinajstić information content (AvgIpc) is 2.83. The molecular formula is C13H15N2O. The van der Waals surface area contributed by atoms with E-state index in [1.54, 1.807) is 6.20 Å². The number of imidazole rings is 1. The normalized spacial score (nSPS) is 10.3. The van der Waals surface area contributed by atoms with Crippen molar-refractivity contribution >= 4 is 0 Å². The molecule has 1 aromatic carbocycles. The van der Waals surface area contributed by atoms with Crippen LogP contribution in [0, 0.1) is 6.33 Å². The van der Waals surface area contributed by atoms with Crippen LogP contribution in [0.5, 0.6) is 5.75 Å². The highest BCUT2D eigenvalue weighted by Gasteiger charge is 2.04. The van der Waals surface area contributed by atoms with Gasteiger partial charge in [-0.05, 0) is 18.6 Å². The van der Waals surface area contributed by atoms with E-state index in [-0.39, 0.29) is 0 Å². The second kappa shape index (κ2) is 5.35. The van der Waals surface area contributed by atoms with Crippen molar-refractivity contribution in [2.75, 3.05) is 6.61 Å². The molecular weight excluding hydrogens is 200 g/mol. The molecule has 0 fully saturated rings. The summed E-state index contributed by atoms with van der Waals surface area (Å²) in [5.41, 5.74) is 0.983. The van der Waals surface area contributed by atoms with Crippen LogP contribution in [-0.4, -0.2) is 16.2 Å². The van der Waals surface area contributed by atoms with Gasteiger partial charge in [-0.3, -0.25) is 4.57 Å². The van der Waals surface area contributed by atoms with Crippen molar-refractivity contribution in [3.05, 3.63) is 43.0 Å². The number of hydrogen-bond acceptors (Lipinski definition) is 2. The third kappa shape index (κ3) is 2.42. The molecule has 0 aliphatic carbocycles. The molecule has 0 aliphatic rings. The van der Waals surface area contributed by atoms with E-state index in [9.17, 15) is 0 Å². The summed E-state index contributed by atoms with van der Waals surface area (Å²) in [6, 6.07) is 7.93. The minimum Gasteiger partial charge on any atom is -0.491 e. The standard InChI is InChI=1S/C13H15N2O/c1-2-3-10-16-13-7-5-4-6-12(13)15-9-8-14-11-15/h4-9H,2-3,10H2,1H3. The van der Waals surface area contributed by atoms with Crippen LogP contribution in [0.4, 0.5) is 0 Å². The highest BCUT2D eigenvalue weighted by Crippen LogP contribution is 2.22. The molecule has 2 rings (SSSR count). The molecule has 1 heterocycles. The fourth-order valence-corrected chi connectivity index (χ4v) is 1.47. The molecule has 83 valence electrons. The summed E-state index contributed by atoms with van der Waals surface area (Å²) >= 11 is 0. The van der Waals surface area contributed by atoms with Gasteiger partial charge in [0.2, 0.25) is 0 Å². The molecule has 0 N–H and O–H groups in total. The van der Waals surface area contributed by atoms with Crippen molar-refractivity contribution < 1.29 is 4.74 Å². The first-order chi connectivity index (χ1) is 7.92. The van der Waals surface area contributed by atoms with Crippen molar-refractivity contribution in [1.29, 1.82) is 0 Å². The maximum atomic E-state index is 5.73. The molecule has 0 saturated heterocycles. The lowest BCUT2D eigenvalue weighted by Crippen LogP contribution is -2.01. The van der Waals surface area contributed by atoms with Crippen molar-refractivity contribution in [3.8, 4) is 11.4 Å². The van der Waals surface area contributed by atoms with Crippen LogP contribution >= 0.6 is 0 Å². The van der Waals surface area contributed by atoms with Gasteiger partial charge in [0.15, 0.2) is 6.33 Å². The summed E-state index contributed by atoms with van der Waals surface area (Å²) in [7, 11) is 0. The SMILES string of the molecule is CCCCOc1ccccc1-n1[c]ncc1. The Balaban J connectivity index is 2.18. The first-order valence-corrected chi connectivity index (χ1v) is 5.55. The lowest BCUT2D eigenvalue weighted by molar-refractivity contribution is 0.308. The molecule has 0 bridgehead atoms. The van der Waals surface area contributed by atoms with Gasteiger partial charge in [0.1, 0.15) is 5.75 Å². The Morgan fingerprint density at radius 3 is 3.00 bits per heavy atom. The number of aromatic nitrogens is 2. The van der Waals surface area contributed by atoms with Gasteiger partial charge in [-0.15, -0.1) is 0 Å². The minimum absolute atomic E-state index is 0.752. The van der Waals surface area contributed by atoms with E-state index in [0.717, 1.165) is 30.9 Å². The van der Waals surface area contributed by atoms with Gasteiger partial charge in [0, 0.05) is 12.4 Å². The monoisotopic (exact) mass is 215 g/mol. The lowest BCUT2D eigenvalue weighted by Gasteiger charge is -2.10. The Bertz CT molecular complexity index is 423. The molecule has 1 aromatic heterocycles. The second-order valence-corrected chi connectivity index (χ2v) is 3.57. The third-order valence-electron chi connectivity index (χ3n) is 2.34. The number of para-hydroxylation sites is 2. The first-order valence-electron chi connectivity index (χ1n) is 5.55. The van der Waals surface area contributed by atoms with E-state index in [4.69, 9.17) is 4.74 Å². The van der Waals surface area contributed by atoms with Crippen molar-refractivity contribution in [1.82, 2.24) is 9.55 Å². The van der Waals surface area contributed by atoms with Crippen LogP contribution in [0.1, 0.15) is 19.8 Å². The van der Waals surface area contributed by atoms with Crippen LogP contribution in [0.3, 0.4) is 0 Å². The Hall–Kier alpha value is -1.77. The largest absolute Gasteiger partial charge is 0.491 e. The summed E-state index contributed by atoms with van der Waals surface area (Å²) in [4.78, 5) is 3.92. The van der Waals surface area contributed by atoms with Crippen LogP contribution in [0.15, 0.2) is 36.7 Å². The zero-order valence-electron chi connectivity index (χ0n) is 9.39. The van der Waals surface area contributed by atoms with Gasteiger partial charge in [0.05, 0.1) is 12.3 Å². The highest BCUT2D eigenvalue weighted by atomic mass is 16.5. The number of nitrogens with zero attached hydrogens (tertiary/aromatic N) is 2. The second-order valence-electron chi connectivity index (χ2n) is 3.57. The lowest BCUT2D eigenvalue weighted by atomic mass is 10.3. The van der Waals surface area contributed by atoms with Crippen molar-refractivity contribution in [3.63, 3.8) is 0 Å². The van der Waals surface area contributed by atoms with E-state index in [1.165, 1.54) is 0 Å². The number of hydrogen-bond donors (Lipinski definition) is 0. The molecule has 0 unspecified atom stereocenters. The smallest absolute Gasteiger partial charge is 0.181 e. The number of rotatable bonds is 5. The van der Waals surface area contributed by atoms with Crippen LogP contribution < -0.4 is 4.74 Å². The van der Waals surface area contributed by atoms with Gasteiger partial charge in [0.25, 0.3) is 0 Å². The molecule has 16 heavy (non-hydrogen) atoms. The first kappa shape index (κ1) is 10.7. The van der Waals surface area contributed by atoms with Crippen LogP contribution in [-0.2, 0) is 0 Å². The predicted molar refractivity (Wildman–Crippen MR) is 62.8 cm³/mol. The van der Waals surface area contributed by atoms with Crippen LogP contribution in [0.25, 0.3) is 5.69 Å². The quantitative estimate of drug-likeness (QED) is 0.717. The molecule has 1 radical (unpaired) electrons. The van der Waals surface area contributed by atoms with E-state index >= 15 is 0 Å². The van der Waals surface area contributed by atoms with Gasteiger partial charge in [-0.25, -0.2) is 4.98 Å². The Kier molecular flexibility index (Phi) is 3.59. The van der Waals surface area contributed by atoms with Gasteiger partial charge >= 0.3 is 0 Å². The molecule has 0 saturated carbocycles. The number of ether oxygens (including phenoxy) is 1. The number of unbranched alkanes of at least 4 members (excludes halogenated alkanes) is 1. The summed E-state index contributed by atoms with van der Waals surface area (Å²) in [5, 5.41) is 0. The fourth-order valence-electron chi connectivity index (χ4n) is 1.47. The third-order valence-corrected chi connectivity index (χ3v) is 2.34. The van der Waals surface area contributed by atoms with Gasteiger partial charge in [-0.1, -0.05) is 25.5 Å². The molecule has 3 heteroatoms. The Morgan fingerprint density at radius 1 is 1.38 bits per heavy atom.